The zero-order valence-electron chi connectivity index (χ0n) is 8.03. The van der Waals surface area contributed by atoms with Crippen molar-refractivity contribution < 1.29 is 14.6 Å². The Morgan fingerprint density at radius 3 is 2.62 bits per heavy atom. The van der Waals surface area contributed by atoms with Gasteiger partial charge in [0.2, 0.25) is 0 Å². The molecule has 13 heavy (non-hydrogen) atoms. The molecule has 0 aromatic rings. The van der Waals surface area contributed by atoms with Crippen LogP contribution >= 0.6 is 0 Å². The van der Waals surface area contributed by atoms with Crippen molar-refractivity contribution in [1.29, 1.82) is 0 Å². The van der Waals surface area contributed by atoms with Gasteiger partial charge < -0.3 is 9.84 Å². The van der Waals surface area contributed by atoms with E-state index in [2.05, 4.69) is 4.90 Å². The molecule has 1 rings (SSSR count). The summed E-state index contributed by atoms with van der Waals surface area (Å²) >= 11 is 0. The molecule has 1 atom stereocenters. The lowest BCUT2D eigenvalue weighted by Crippen LogP contribution is -2.40. The number of morpholine rings is 1. The standard InChI is InChI=1S/C9H17NO3/c1-2-8(9(11)12)7-10-3-5-13-6-4-10/h8H,2-7H2,1H3,(H,11,12). The fraction of sp³-hybridized carbons (Fsp3) is 0.889. The molecule has 1 unspecified atom stereocenters. The number of carboxylic acid groups (broad SMARTS) is 1. The van der Waals surface area contributed by atoms with Crippen LogP contribution in [-0.4, -0.2) is 48.8 Å². The van der Waals surface area contributed by atoms with Crippen LogP contribution in [0, 0.1) is 5.92 Å². The summed E-state index contributed by atoms with van der Waals surface area (Å²) in [4.78, 5) is 12.9. The van der Waals surface area contributed by atoms with Crippen molar-refractivity contribution in [3.8, 4) is 0 Å². The Hall–Kier alpha value is -0.610. The second-order valence-corrected chi connectivity index (χ2v) is 3.36. The predicted octanol–water partition coefficient (Wildman–Crippen LogP) is 0.429. The number of carbonyl (C=O) groups is 1. The van der Waals surface area contributed by atoms with Crippen LogP contribution in [0.4, 0.5) is 0 Å². The van der Waals surface area contributed by atoms with Gasteiger partial charge in [0.15, 0.2) is 0 Å². The van der Waals surface area contributed by atoms with Gasteiger partial charge in [-0.3, -0.25) is 9.69 Å². The van der Waals surface area contributed by atoms with E-state index in [1.54, 1.807) is 0 Å². The Bertz CT molecular complexity index is 166. The molecule has 1 heterocycles. The second kappa shape index (κ2) is 5.19. The van der Waals surface area contributed by atoms with Gasteiger partial charge in [-0.1, -0.05) is 6.92 Å². The summed E-state index contributed by atoms with van der Waals surface area (Å²) in [6.07, 6.45) is 0.701. The fourth-order valence-electron chi connectivity index (χ4n) is 1.48. The van der Waals surface area contributed by atoms with Crippen LogP contribution in [0.3, 0.4) is 0 Å². The van der Waals surface area contributed by atoms with E-state index in [0.29, 0.717) is 13.0 Å². The molecule has 1 saturated heterocycles. The van der Waals surface area contributed by atoms with E-state index in [1.165, 1.54) is 0 Å². The molecule has 0 aromatic carbocycles. The van der Waals surface area contributed by atoms with E-state index in [4.69, 9.17) is 9.84 Å². The largest absolute Gasteiger partial charge is 0.481 e. The zero-order valence-corrected chi connectivity index (χ0v) is 8.03. The van der Waals surface area contributed by atoms with E-state index < -0.39 is 5.97 Å². The van der Waals surface area contributed by atoms with Crippen molar-refractivity contribution in [2.75, 3.05) is 32.8 Å². The van der Waals surface area contributed by atoms with Gasteiger partial charge >= 0.3 is 5.97 Å². The minimum Gasteiger partial charge on any atom is -0.481 e. The van der Waals surface area contributed by atoms with Crippen LogP contribution in [0.1, 0.15) is 13.3 Å². The van der Waals surface area contributed by atoms with E-state index in [0.717, 1.165) is 26.3 Å². The maximum atomic E-state index is 10.7. The first-order valence-corrected chi connectivity index (χ1v) is 4.77. The number of ether oxygens (including phenoxy) is 1. The monoisotopic (exact) mass is 187 g/mol. The smallest absolute Gasteiger partial charge is 0.307 e. The molecule has 1 aliphatic rings. The van der Waals surface area contributed by atoms with Crippen LogP contribution in [0.5, 0.6) is 0 Å². The molecule has 1 aliphatic heterocycles. The Balaban J connectivity index is 2.31. The highest BCUT2D eigenvalue weighted by Crippen LogP contribution is 2.07. The van der Waals surface area contributed by atoms with E-state index >= 15 is 0 Å². The molecular formula is C9H17NO3. The van der Waals surface area contributed by atoms with Gasteiger partial charge in [0.05, 0.1) is 19.1 Å². The Morgan fingerprint density at radius 1 is 1.54 bits per heavy atom. The van der Waals surface area contributed by atoms with Crippen molar-refractivity contribution in [3.63, 3.8) is 0 Å². The predicted molar refractivity (Wildman–Crippen MR) is 48.7 cm³/mol. The first-order valence-electron chi connectivity index (χ1n) is 4.77. The average molecular weight is 187 g/mol. The van der Waals surface area contributed by atoms with Crippen molar-refractivity contribution in [2.24, 2.45) is 5.92 Å². The van der Waals surface area contributed by atoms with Crippen LogP contribution < -0.4 is 0 Å². The third-order valence-electron chi connectivity index (χ3n) is 2.42. The number of nitrogens with zero attached hydrogens (tertiary/aromatic N) is 1. The summed E-state index contributed by atoms with van der Waals surface area (Å²) in [7, 11) is 0. The number of aliphatic carboxylic acids is 1. The number of hydrogen-bond acceptors (Lipinski definition) is 3. The lowest BCUT2D eigenvalue weighted by molar-refractivity contribution is -0.142. The molecule has 0 bridgehead atoms. The number of rotatable bonds is 4. The average Bonchev–Trinajstić information content (AvgIpc) is 2.15. The summed E-state index contributed by atoms with van der Waals surface area (Å²) in [6.45, 7) is 5.77. The molecule has 0 spiro atoms. The molecular weight excluding hydrogens is 170 g/mol. The fourth-order valence-corrected chi connectivity index (χ4v) is 1.48. The molecule has 1 fully saturated rings. The minimum atomic E-state index is -0.686. The summed E-state index contributed by atoms with van der Waals surface area (Å²) < 4.78 is 5.19. The van der Waals surface area contributed by atoms with Crippen LogP contribution in [0.25, 0.3) is 0 Å². The Morgan fingerprint density at radius 2 is 2.15 bits per heavy atom. The summed E-state index contributed by atoms with van der Waals surface area (Å²) in [5.41, 5.74) is 0. The van der Waals surface area contributed by atoms with Gasteiger partial charge in [0.25, 0.3) is 0 Å². The highest BCUT2D eigenvalue weighted by Gasteiger charge is 2.20. The molecule has 4 nitrogen and oxygen atoms in total. The van der Waals surface area contributed by atoms with Crippen molar-refractivity contribution >= 4 is 5.97 Å². The highest BCUT2D eigenvalue weighted by atomic mass is 16.5. The first-order chi connectivity index (χ1) is 6.24. The summed E-state index contributed by atoms with van der Waals surface area (Å²) in [5, 5.41) is 8.85. The maximum Gasteiger partial charge on any atom is 0.307 e. The summed E-state index contributed by atoms with van der Waals surface area (Å²) in [5.74, 6) is -0.910. The number of hydrogen-bond donors (Lipinski definition) is 1. The van der Waals surface area contributed by atoms with Crippen molar-refractivity contribution in [2.45, 2.75) is 13.3 Å². The maximum absolute atomic E-state index is 10.7. The Labute approximate surface area is 78.5 Å². The molecule has 0 aromatic heterocycles. The third kappa shape index (κ3) is 3.32. The van der Waals surface area contributed by atoms with Crippen LogP contribution in [0.15, 0.2) is 0 Å². The van der Waals surface area contributed by atoms with E-state index in [9.17, 15) is 4.79 Å². The first kappa shape index (κ1) is 10.5. The number of carboxylic acids is 1. The zero-order chi connectivity index (χ0) is 9.68. The molecule has 0 radical (unpaired) electrons. The molecule has 1 N–H and O–H groups in total. The quantitative estimate of drug-likeness (QED) is 0.693. The third-order valence-corrected chi connectivity index (χ3v) is 2.42. The molecule has 0 amide bonds. The van der Waals surface area contributed by atoms with Gasteiger partial charge in [-0.25, -0.2) is 0 Å². The lowest BCUT2D eigenvalue weighted by Gasteiger charge is -2.28. The van der Waals surface area contributed by atoms with Crippen LogP contribution in [-0.2, 0) is 9.53 Å². The minimum absolute atomic E-state index is 0.224. The normalized spacial score (nSPS) is 21.3. The van der Waals surface area contributed by atoms with Crippen molar-refractivity contribution in [3.05, 3.63) is 0 Å². The van der Waals surface area contributed by atoms with Gasteiger partial charge in [-0.2, -0.15) is 0 Å². The highest BCUT2D eigenvalue weighted by molar-refractivity contribution is 5.70. The molecule has 4 heteroatoms. The van der Waals surface area contributed by atoms with Gasteiger partial charge in [-0.15, -0.1) is 0 Å². The van der Waals surface area contributed by atoms with Gasteiger partial charge in [0.1, 0.15) is 0 Å². The SMILES string of the molecule is CCC(CN1CCOCC1)C(=O)O. The van der Waals surface area contributed by atoms with Gasteiger partial charge in [0, 0.05) is 19.6 Å². The molecule has 0 saturated carbocycles. The van der Waals surface area contributed by atoms with Crippen LogP contribution in [0.2, 0.25) is 0 Å². The summed E-state index contributed by atoms with van der Waals surface area (Å²) in [6, 6.07) is 0. The topological polar surface area (TPSA) is 49.8 Å². The second-order valence-electron chi connectivity index (χ2n) is 3.36. The van der Waals surface area contributed by atoms with Crippen molar-refractivity contribution in [1.82, 2.24) is 4.90 Å². The molecule has 0 aliphatic carbocycles. The Kier molecular flexibility index (Phi) is 4.18. The molecule has 76 valence electrons. The van der Waals surface area contributed by atoms with E-state index in [-0.39, 0.29) is 5.92 Å². The lowest BCUT2D eigenvalue weighted by atomic mass is 10.1. The van der Waals surface area contributed by atoms with E-state index in [1.807, 2.05) is 6.92 Å². The van der Waals surface area contributed by atoms with Gasteiger partial charge in [-0.05, 0) is 6.42 Å².